The first-order chi connectivity index (χ1) is 8.61. The van der Waals surface area contributed by atoms with Gasteiger partial charge >= 0.3 is 0 Å². The first-order valence-electron chi connectivity index (χ1n) is 5.06. The minimum atomic E-state index is 0.183. The molecule has 1 heterocycles. The molecule has 5 nitrogen and oxygen atoms in total. The van der Waals surface area contributed by atoms with E-state index in [-0.39, 0.29) is 5.29 Å². The Labute approximate surface area is 119 Å². The molecule has 0 fully saturated rings. The van der Waals surface area contributed by atoms with Crippen LogP contribution >= 0.6 is 34.8 Å². The number of benzene rings is 1. The summed E-state index contributed by atoms with van der Waals surface area (Å²) in [5, 5.41) is 5.81. The largest absolute Gasteiger partial charge is 0.323 e. The van der Waals surface area contributed by atoms with Crippen LogP contribution in [0.5, 0.6) is 0 Å². The SMILES string of the molecule is CNN1CN=C(Cl)N=C1Nc1cccc(Cl)c1Cl. The van der Waals surface area contributed by atoms with Crippen LogP contribution < -0.4 is 10.7 Å². The summed E-state index contributed by atoms with van der Waals surface area (Å²) >= 11 is 17.8. The van der Waals surface area contributed by atoms with Crippen molar-refractivity contribution < 1.29 is 0 Å². The summed E-state index contributed by atoms with van der Waals surface area (Å²) in [6.45, 7) is 0.360. The van der Waals surface area contributed by atoms with Crippen molar-refractivity contribution >= 4 is 51.7 Å². The molecule has 0 saturated carbocycles. The zero-order valence-electron chi connectivity index (χ0n) is 9.41. The fourth-order valence-electron chi connectivity index (χ4n) is 1.37. The Kier molecular flexibility index (Phi) is 4.29. The number of anilines is 1. The number of hydrogen-bond acceptors (Lipinski definition) is 5. The third kappa shape index (κ3) is 2.87. The predicted octanol–water partition coefficient (Wildman–Crippen LogP) is 2.76. The number of amidine groups is 1. The Morgan fingerprint density at radius 2 is 2.06 bits per heavy atom. The van der Waals surface area contributed by atoms with Gasteiger partial charge in [0, 0.05) is 7.05 Å². The Bertz CT molecular complexity index is 514. The van der Waals surface area contributed by atoms with Crippen LogP contribution in [0.2, 0.25) is 10.0 Å². The number of hydrazine groups is 1. The molecule has 1 aliphatic heterocycles. The maximum absolute atomic E-state index is 6.09. The minimum Gasteiger partial charge on any atom is -0.323 e. The second-order valence-electron chi connectivity index (χ2n) is 3.38. The van der Waals surface area contributed by atoms with Gasteiger partial charge in [0.25, 0.3) is 0 Å². The zero-order chi connectivity index (χ0) is 13.1. The fraction of sp³-hybridized carbons (Fsp3) is 0.200. The number of nitrogens with zero attached hydrogens (tertiary/aromatic N) is 3. The van der Waals surface area contributed by atoms with E-state index in [4.69, 9.17) is 34.8 Å². The molecule has 0 amide bonds. The highest BCUT2D eigenvalue weighted by atomic mass is 35.5. The lowest BCUT2D eigenvalue weighted by molar-refractivity contribution is 0.345. The molecule has 2 rings (SSSR count). The molecular formula is C10H10Cl3N5. The van der Waals surface area contributed by atoms with Crippen LogP contribution in [0.4, 0.5) is 5.69 Å². The van der Waals surface area contributed by atoms with Crippen molar-refractivity contribution in [2.45, 2.75) is 0 Å². The van der Waals surface area contributed by atoms with Crippen molar-refractivity contribution in [1.82, 2.24) is 10.4 Å². The summed E-state index contributed by atoms with van der Waals surface area (Å²) in [5.41, 5.74) is 3.57. The maximum atomic E-state index is 6.09. The molecule has 96 valence electrons. The standard InChI is InChI=1S/C10H10Cl3N5/c1-14-18-5-15-9(13)17-10(18)16-7-4-2-3-6(11)8(7)12/h2-4,14H,5H2,1H3,(H,15,16,17). The van der Waals surface area contributed by atoms with E-state index < -0.39 is 0 Å². The lowest BCUT2D eigenvalue weighted by Crippen LogP contribution is -2.46. The van der Waals surface area contributed by atoms with Gasteiger partial charge in [0.15, 0.2) is 0 Å². The van der Waals surface area contributed by atoms with Crippen molar-refractivity contribution in [3.8, 4) is 0 Å². The van der Waals surface area contributed by atoms with E-state index in [1.807, 2.05) is 0 Å². The Balaban J connectivity index is 2.27. The highest BCUT2D eigenvalue weighted by Crippen LogP contribution is 2.29. The van der Waals surface area contributed by atoms with E-state index in [2.05, 4.69) is 20.7 Å². The van der Waals surface area contributed by atoms with E-state index in [9.17, 15) is 0 Å². The summed E-state index contributed by atoms with van der Waals surface area (Å²) in [6, 6.07) is 5.30. The van der Waals surface area contributed by atoms with E-state index in [0.29, 0.717) is 28.4 Å². The normalized spacial score (nSPS) is 15.2. The van der Waals surface area contributed by atoms with Gasteiger partial charge in [-0.2, -0.15) is 4.99 Å². The molecule has 0 spiro atoms. The molecule has 0 atom stereocenters. The number of rotatable bonds is 2. The summed E-state index contributed by atoms with van der Waals surface area (Å²) in [7, 11) is 1.76. The molecular weight excluding hydrogens is 297 g/mol. The van der Waals surface area contributed by atoms with Crippen LogP contribution in [0, 0.1) is 0 Å². The number of halogens is 3. The smallest absolute Gasteiger partial charge is 0.222 e. The average molecular weight is 307 g/mol. The van der Waals surface area contributed by atoms with Crippen molar-refractivity contribution in [2.75, 3.05) is 19.0 Å². The molecule has 1 aromatic rings. The number of nitrogens with one attached hydrogen (secondary N) is 2. The van der Waals surface area contributed by atoms with E-state index >= 15 is 0 Å². The first-order valence-corrected chi connectivity index (χ1v) is 6.20. The molecule has 1 aromatic carbocycles. The predicted molar refractivity (Wildman–Crippen MR) is 76.6 cm³/mol. The second-order valence-corrected chi connectivity index (χ2v) is 4.51. The van der Waals surface area contributed by atoms with Crippen LogP contribution in [0.25, 0.3) is 0 Å². The van der Waals surface area contributed by atoms with Gasteiger partial charge in [-0.3, -0.25) is 5.01 Å². The Morgan fingerprint density at radius 1 is 1.28 bits per heavy atom. The van der Waals surface area contributed by atoms with Crippen LogP contribution in [-0.2, 0) is 0 Å². The molecule has 18 heavy (non-hydrogen) atoms. The van der Waals surface area contributed by atoms with Crippen molar-refractivity contribution in [3.63, 3.8) is 0 Å². The molecule has 1 aliphatic rings. The Morgan fingerprint density at radius 3 is 2.78 bits per heavy atom. The van der Waals surface area contributed by atoms with Gasteiger partial charge in [-0.05, 0) is 23.7 Å². The lowest BCUT2D eigenvalue weighted by Gasteiger charge is -2.26. The van der Waals surface area contributed by atoms with E-state index in [1.165, 1.54) is 0 Å². The molecule has 0 radical (unpaired) electrons. The summed E-state index contributed by atoms with van der Waals surface area (Å²) in [5.74, 6) is 0.502. The highest BCUT2D eigenvalue weighted by Gasteiger charge is 2.16. The second kappa shape index (κ2) is 5.75. The molecule has 0 unspecified atom stereocenters. The van der Waals surface area contributed by atoms with Gasteiger partial charge < -0.3 is 5.32 Å². The highest BCUT2D eigenvalue weighted by molar-refractivity contribution is 6.65. The number of hydrogen-bond donors (Lipinski definition) is 2. The number of aliphatic imine (C=N–C) groups is 2. The van der Waals surface area contributed by atoms with Crippen LogP contribution in [0.3, 0.4) is 0 Å². The monoisotopic (exact) mass is 305 g/mol. The van der Waals surface area contributed by atoms with E-state index in [0.717, 1.165) is 0 Å². The molecule has 0 saturated heterocycles. The molecule has 0 aliphatic carbocycles. The fourth-order valence-corrected chi connectivity index (χ4v) is 1.85. The third-order valence-corrected chi connectivity index (χ3v) is 3.29. The molecule has 0 aromatic heterocycles. The first kappa shape index (κ1) is 13.4. The molecule has 0 bridgehead atoms. The van der Waals surface area contributed by atoms with Crippen molar-refractivity contribution in [1.29, 1.82) is 0 Å². The minimum absolute atomic E-state index is 0.183. The summed E-state index contributed by atoms with van der Waals surface area (Å²) in [4.78, 5) is 8.06. The van der Waals surface area contributed by atoms with Gasteiger partial charge in [0.1, 0.15) is 6.67 Å². The van der Waals surface area contributed by atoms with Crippen molar-refractivity contribution in [3.05, 3.63) is 28.2 Å². The topological polar surface area (TPSA) is 52.0 Å². The molecule has 2 N–H and O–H groups in total. The van der Waals surface area contributed by atoms with Gasteiger partial charge in [-0.15, -0.1) is 0 Å². The van der Waals surface area contributed by atoms with Gasteiger partial charge in [0.05, 0.1) is 15.7 Å². The zero-order valence-corrected chi connectivity index (χ0v) is 11.7. The third-order valence-electron chi connectivity index (χ3n) is 2.26. The van der Waals surface area contributed by atoms with Crippen LogP contribution in [0.1, 0.15) is 0 Å². The van der Waals surface area contributed by atoms with Gasteiger partial charge in [-0.1, -0.05) is 29.3 Å². The summed E-state index contributed by atoms with van der Waals surface area (Å²) in [6.07, 6.45) is 0. The van der Waals surface area contributed by atoms with Crippen LogP contribution in [0.15, 0.2) is 28.2 Å². The average Bonchev–Trinajstić information content (AvgIpc) is 2.35. The Hall–Kier alpha value is -1.01. The van der Waals surface area contributed by atoms with E-state index in [1.54, 1.807) is 30.3 Å². The summed E-state index contributed by atoms with van der Waals surface area (Å²) < 4.78 is 0. The molecule has 8 heteroatoms. The van der Waals surface area contributed by atoms with Gasteiger partial charge in [-0.25, -0.2) is 10.4 Å². The van der Waals surface area contributed by atoms with Crippen LogP contribution in [-0.4, -0.2) is 30.0 Å². The van der Waals surface area contributed by atoms with Crippen molar-refractivity contribution in [2.24, 2.45) is 9.98 Å². The maximum Gasteiger partial charge on any atom is 0.222 e. The van der Waals surface area contributed by atoms with Gasteiger partial charge in [0.2, 0.25) is 11.3 Å². The number of guanidine groups is 1. The lowest BCUT2D eigenvalue weighted by atomic mass is 10.3. The quantitative estimate of drug-likeness (QED) is 0.826.